The van der Waals surface area contributed by atoms with Crippen LogP contribution >= 0.6 is 0 Å². The van der Waals surface area contributed by atoms with Gasteiger partial charge in [-0.2, -0.15) is 5.10 Å². The summed E-state index contributed by atoms with van der Waals surface area (Å²) in [5, 5.41) is 8.59. The van der Waals surface area contributed by atoms with Crippen molar-refractivity contribution < 1.29 is 14.3 Å². The average molecular weight is 367 g/mol. The van der Waals surface area contributed by atoms with E-state index in [9.17, 15) is 4.79 Å². The quantitative estimate of drug-likeness (QED) is 0.693. The van der Waals surface area contributed by atoms with Crippen LogP contribution in [0.4, 0.5) is 0 Å². The number of amides is 1. The number of nitrogens with one attached hydrogen (secondary N) is 1. The number of carbonyl (C=O) groups excluding carboxylic acids is 1. The Kier molecular flexibility index (Phi) is 5.64. The van der Waals surface area contributed by atoms with Crippen molar-refractivity contribution in [3.63, 3.8) is 0 Å². The van der Waals surface area contributed by atoms with Crippen LogP contribution in [0.25, 0.3) is 10.9 Å². The first kappa shape index (κ1) is 18.8. The molecule has 0 fully saturated rings. The van der Waals surface area contributed by atoms with E-state index in [1.54, 1.807) is 11.8 Å². The normalized spacial score (nSPS) is 12.0. The number of hydrogen-bond donors (Lipinski definition) is 1. The molecule has 3 rings (SSSR count). The smallest absolute Gasteiger partial charge is 0.244 e. The summed E-state index contributed by atoms with van der Waals surface area (Å²) >= 11 is 0. The number of carbonyl (C=O) groups is 1. The molecule has 2 aromatic carbocycles. The lowest BCUT2D eigenvalue weighted by atomic mass is 10.2. The highest BCUT2D eigenvalue weighted by molar-refractivity contribution is 5.86. The van der Waals surface area contributed by atoms with E-state index < -0.39 is 6.04 Å². The van der Waals surface area contributed by atoms with Crippen molar-refractivity contribution in [1.82, 2.24) is 15.1 Å². The van der Waals surface area contributed by atoms with Gasteiger partial charge in [0.2, 0.25) is 5.91 Å². The van der Waals surface area contributed by atoms with Crippen LogP contribution in [0.5, 0.6) is 11.5 Å². The Labute approximate surface area is 159 Å². The van der Waals surface area contributed by atoms with Crippen molar-refractivity contribution in [3.05, 3.63) is 53.7 Å². The Morgan fingerprint density at radius 3 is 2.74 bits per heavy atom. The average Bonchev–Trinajstić information content (AvgIpc) is 3.03. The Bertz CT molecular complexity index is 949. The van der Waals surface area contributed by atoms with Gasteiger partial charge in [0, 0.05) is 11.9 Å². The molecule has 0 aliphatic heterocycles. The fourth-order valence-corrected chi connectivity index (χ4v) is 3.09. The molecule has 1 atom stereocenters. The Hall–Kier alpha value is -3.02. The Morgan fingerprint density at radius 2 is 2.00 bits per heavy atom. The molecule has 0 radical (unpaired) electrons. The van der Waals surface area contributed by atoms with Crippen molar-refractivity contribution in [1.29, 1.82) is 0 Å². The standard InChI is InChI=1S/C21H25N3O3/c1-5-27-19-11-10-16(12-20(19)26-4)13-22-21(25)15(3)24-18-9-7-6-8-17(18)14(2)23-24/h6-12,15H,5,13H2,1-4H3,(H,22,25)/t15-/m0/s1. The second-order valence-corrected chi connectivity index (χ2v) is 6.36. The van der Waals surface area contributed by atoms with Crippen LogP contribution in [0.15, 0.2) is 42.5 Å². The second kappa shape index (κ2) is 8.12. The van der Waals surface area contributed by atoms with Crippen LogP contribution in [0.2, 0.25) is 0 Å². The maximum Gasteiger partial charge on any atom is 0.244 e. The van der Waals surface area contributed by atoms with Gasteiger partial charge < -0.3 is 14.8 Å². The van der Waals surface area contributed by atoms with Crippen molar-refractivity contribution in [2.75, 3.05) is 13.7 Å². The van der Waals surface area contributed by atoms with Crippen LogP contribution in [0.3, 0.4) is 0 Å². The maximum atomic E-state index is 12.7. The van der Waals surface area contributed by atoms with E-state index in [1.807, 2.05) is 63.2 Å². The topological polar surface area (TPSA) is 65.4 Å². The van der Waals surface area contributed by atoms with E-state index in [2.05, 4.69) is 10.4 Å². The number of aromatic nitrogens is 2. The maximum absolute atomic E-state index is 12.7. The molecule has 6 nitrogen and oxygen atoms in total. The van der Waals surface area contributed by atoms with E-state index in [0.717, 1.165) is 22.2 Å². The van der Waals surface area contributed by atoms with Crippen LogP contribution in [0, 0.1) is 6.92 Å². The first-order valence-corrected chi connectivity index (χ1v) is 9.06. The summed E-state index contributed by atoms with van der Waals surface area (Å²) < 4.78 is 12.7. The van der Waals surface area contributed by atoms with Gasteiger partial charge in [0.1, 0.15) is 6.04 Å². The minimum atomic E-state index is -0.409. The fraction of sp³-hybridized carbons (Fsp3) is 0.333. The minimum absolute atomic E-state index is 0.0869. The molecule has 0 aliphatic carbocycles. The molecule has 0 bridgehead atoms. The van der Waals surface area contributed by atoms with Gasteiger partial charge in [-0.25, -0.2) is 0 Å². The number of nitrogens with zero attached hydrogens (tertiary/aromatic N) is 2. The SMILES string of the molecule is CCOc1ccc(CNC(=O)[C@H](C)n2nc(C)c3ccccc32)cc1OC. The molecular formula is C21H25N3O3. The van der Waals surface area contributed by atoms with E-state index >= 15 is 0 Å². The van der Waals surface area contributed by atoms with Gasteiger partial charge in [0.05, 0.1) is 24.9 Å². The van der Waals surface area contributed by atoms with Crippen LogP contribution in [-0.4, -0.2) is 29.4 Å². The van der Waals surface area contributed by atoms with E-state index in [-0.39, 0.29) is 5.91 Å². The molecule has 0 aliphatic rings. The second-order valence-electron chi connectivity index (χ2n) is 6.36. The summed E-state index contributed by atoms with van der Waals surface area (Å²) in [6, 6.07) is 13.2. The number of hydrogen-bond acceptors (Lipinski definition) is 4. The van der Waals surface area contributed by atoms with E-state index in [0.29, 0.717) is 24.7 Å². The van der Waals surface area contributed by atoms with Crippen LogP contribution < -0.4 is 14.8 Å². The highest BCUT2D eigenvalue weighted by Crippen LogP contribution is 2.28. The number of ether oxygens (including phenoxy) is 2. The lowest BCUT2D eigenvalue weighted by Crippen LogP contribution is -2.31. The first-order chi connectivity index (χ1) is 13.0. The third-order valence-corrected chi connectivity index (χ3v) is 4.54. The Morgan fingerprint density at radius 1 is 1.22 bits per heavy atom. The molecule has 0 saturated heterocycles. The summed E-state index contributed by atoms with van der Waals surface area (Å²) in [5.74, 6) is 1.27. The van der Waals surface area contributed by atoms with Gasteiger partial charge in [-0.05, 0) is 44.5 Å². The molecule has 0 saturated carbocycles. The molecule has 0 spiro atoms. The van der Waals surface area contributed by atoms with Crippen molar-refractivity contribution in [3.8, 4) is 11.5 Å². The van der Waals surface area contributed by atoms with Gasteiger partial charge in [-0.1, -0.05) is 24.3 Å². The van der Waals surface area contributed by atoms with Crippen molar-refractivity contribution in [2.24, 2.45) is 0 Å². The molecule has 0 unspecified atom stereocenters. The molecule has 1 heterocycles. The number of methoxy groups -OCH3 is 1. The minimum Gasteiger partial charge on any atom is -0.493 e. The third-order valence-electron chi connectivity index (χ3n) is 4.54. The summed E-state index contributed by atoms with van der Waals surface area (Å²) in [6.45, 7) is 6.71. The molecule has 1 N–H and O–H groups in total. The number of aryl methyl sites for hydroxylation is 1. The monoisotopic (exact) mass is 367 g/mol. The largest absolute Gasteiger partial charge is 0.493 e. The highest BCUT2D eigenvalue weighted by atomic mass is 16.5. The highest BCUT2D eigenvalue weighted by Gasteiger charge is 2.19. The summed E-state index contributed by atoms with van der Waals surface area (Å²) in [4.78, 5) is 12.7. The van der Waals surface area contributed by atoms with Gasteiger partial charge in [-0.15, -0.1) is 0 Å². The van der Waals surface area contributed by atoms with Crippen LogP contribution in [-0.2, 0) is 11.3 Å². The molecular weight excluding hydrogens is 342 g/mol. The molecule has 1 amide bonds. The van der Waals surface area contributed by atoms with Crippen molar-refractivity contribution in [2.45, 2.75) is 33.4 Å². The van der Waals surface area contributed by atoms with E-state index in [4.69, 9.17) is 9.47 Å². The zero-order valence-electron chi connectivity index (χ0n) is 16.2. The fourth-order valence-electron chi connectivity index (χ4n) is 3.09. The molecule has 27 heavy (non-hydrogen) atoms. The zero-order chi connectivity index (χ0) is 19.4. The zero-order valence-corrected chi connectivity index (χ0v) is 16.2. The number of benzene rings is 2. The Balaban J connectivity index is 1.72. The molecule has 1 aromatic heterocycles. The lowest BCUT2D eigenvalue weighted by Gasteiger charge is -2.15. The number of fused-ring (bicyclic) bond motifs is 1. The van der Waals surface area contributed by atoms with E-state index in [1.165, 1.54) is 0 Å². The molecule has 6 heteroatoms. The summed E-state index contributed by atoms with van der Waals surface area (Å²) in [6.07, 6.45) is 0. The number of rotatable bonds is 7. The van der Waals surface area contributed by atoms with Gasteiger partial charge in [0.25, 0.3) is 0 Å². The first-order valence-electron chi connectivity index (χ1n) is 9.06. The van der Waals surface area contributed by atoms with Gasteiger partial charge >= 0.3 is 0 Å². The predicted octanol–water partition coefficient (Wildman–Crippen LogP) is 3.63. The van der Waals surface area contributed by atoms with Crippen molar-refractivity contribution >= 4 is 16.8 Å². The van der Waals surface area contributed by atoms with Gasteiger partial charge in [0.15, 0.2) is 11.5 Å². The predicted molar refractivity (Wildman–Crippen MR) is 105 cm³/mol. The summed E-state index contributed by atoms with van der Waals surface area (Å²) in [7, 11) is 1.60. The summed E-state index contributed by atoms with van der Waals surface area (Å²) in [5.41, 5.74) is 2.82. The number of para-hydroxylation sites is 1. The lowest BCUT2D eigenvalue weighted by molar-refractivity contribution is -0.124. The van der Waals surface area contributed by atoms with Crippen LogP contribution in [0.1, 0.15) is 31.1 Å². The third kappa shape index (κ3) is 3.89. The van der Waals surface area contributed by atoms with Gasteiger partial charge in [-0.3, -0.25) is 9.48 Å². The molecule has 142 valence electrons. The molecule has 3 aromatic rings.